The average Bonchev–Trinajstić information content (AvgIpc) is 2.98. The van der Waals surface area contributed by atoms with Crippen molar-refractivity contribution in [2.75, 3.05) is 12.9 Å². The summed E-state index contributed by atoms with van der Waals surface area (Å²) in [5.74, 6) is -0.704. The summed E-state index contributed by atoms with van der Waals surface area (Å²) in [6, 6.07) is 5.96. The number of hydrogen-bond acceptors (Lipinski definition) is 6. The van der Waals surface area contributed by atoms with Crippen molar-refractivity contribution >= 4 is 35.0 Å². The minimum Gasteiger partial charge on any atom is -0.468 e. The van der Waals surface area contributed by atoms with E-state index < -0.39 is 5.97 Å². The molecule has 7 heteroatoms. The number of carbonyl (C=O) groups excluding carboxylic acids is 2. The predicted octanol–water partition coefficient (Wildman–Crippen LogP) is 1.99. The zero-order chi connectivity index (χ0) is 14.5. The number of rotatable bonds is 4. The van der Waals surface area contributed by atoms with Crippen LogP contribution in [0.2, 0.25) is 0 Å². The van der Waals surface area contributed by atoms with E-state index in [4.69, 9.17) is 0 Å². The molecule has 0 aliphatic carbocycles. The van der Waals surface area contributed by atoms with E-state index in [1.807, 2.05) is 17.5 Å². The predicted molar refractivity (Wildman–Crippen MR) is 76.9 cm³/mol. The minimum atomic E-state index is -0.396. The highest BCUT2D eigenvalue weighted by molar-refractivity contribution is 8.03. The monoisotopic (exact) mass is 308 g/mol. The van der Waals surface area contributed by atoms with Crippen LogP contribution in [0.3, 0.4) is 0 Å². The van der Waals surface area contributed by atoms with Gasteiger partial charge >= 0.3 is 5.97 Å². The van der Waals surface area contributed by atoms with Gasteiger partial charge in [0.15, 0.2) is 0 Å². The molecule has 0 aromatic carbocycles. The number of nitrogens with zero attached hydrogens (tertiary/aromatic N) is 1. The molecule has 1 aliphatic heterocycles. The van der Waals surface area contributed by atoms with Crippen molar-refractivity contribution in [3.05, 3.63) is 33.0 Å². The molecule has 1 aromatic rings. The van der Waals surface area contributed by atoms with Crippen LogP contribution >= 0.6 is 23.1 Å². The molecule has 20 heavy (non-hydrogen) atoms. The first-order valence-electron chi connectivity index (χ1n) is 5.82. The Morgan fingerprint density at radius 2 is 2.50 bits per heavy atom. The van der Waals surface area contributed by atoms with Gasteiger partial charge in [0.05, 0.1) is 29.5 Å². The van der Waals surface area contributed by atoms with Crippen LogP contribution in [0.5, 0.6) is 0 Å². The SMILES string of the molecule is COC(=O)CSC1=C(C#N)[C@@H](c2cccs2)CC(=O)N1. The fraction of sp³-hybridized carbons (Fsp3) is 0.308. The van der Waals surface area contributed by atoms with Crippen LogP contribution in [0, 0.1) is 11.3 Å². The zero-order valence-electron chi connectivity index (χ0n) is 10.7. The van der Waals surface area contributed by atoms with Crippen LogP contribution in [0.1, 0.15) is 17.2 Å². The maximum atomic E-state index is 11.8. The van der Waals surface area contributed by atoms with Gasteiger partial charge in [0, 0.05) is 17.2 Å². The number of thioether (sulfide) groups is 1. The fourth-order valence-corrected chi connectivity index (χ4v) is 3.60. The highest BCUT2D eigenvalue weighted by Crippen LogP contribution is 2.37. The van der Waals surface area contributed by atoms with Gasteiger partial charge in [-0.1, -0.05) is 17.8 Å². The molecule has 1 amide bonds. The lowest BCUT2D eigenvalue weighted by Crippen LogP contribution is -2.31. The van der Waals surface area contributed by atoms with Gasteiger partial charge in [-0.25, -0.2) is 0 Å². The summed E-state index contributed by atoms with van der Waals surface area (Å²) in [7, 11) is 1.30. The molecule has 1 N–H and O–H groups in total. The van der Waals surface area contributed by atoms with Crippen molar-refractivity contribution in [2.24, 2.45) is 0 Å². The summed E-state index contributed by atoms with van der Waals surface area (Å²) in [4.78, 5) is 23.9. The molecule has 1 aromatic heterocycles. The second kappa shape index (κ2) is 6.59. The molecule has 0 saturated carbocycles. The maximum absolute atomic E-state index is 11.8. The molecule has 1 aliphatic rings. The van der Waals surface area contributed by atoms with Crippen molar-refractivity contribution in [2.45, 2.75) is 12.3 Å². The van der Waals surface area contributed by atoms with Crippen molar-refractivity contribution in [3.63, 3.8) is 0 Å². The number of nitrogens with one attached hydrogen (secondary N) is 1. The van der Waals surface area contributed by atoms with Gasteiger partial charge in [0.25, 0.3) is 0 Å². The minimum absolute atomic E-state index is 0.0639. The van der Waals surface area contributed by atoms with Gasteiger partial charge in [0.1, 0.15) is 0 Å². The molecule has 0 spiro atoms. The Kier molecular flexibility index (Phi) is 4.82. The summed E-state index contributed by atoms with van der Waals surface area (Å²) in [6.45, 7) is 0. The lowest BCUT2D eigenvalue weighted by molar-refractivity contribution is -0.137. The number of amides is 1. The topological polar surface area (TPSA) is 79.2 Å². The van der Waals surface area contributed by atoms with Crippen molar-refractivity contribution in [3.8, 4) is 6.07 Å². The molecule has 2 heterocycles. The van der Waals surface area contributed by atoms with Gasteiger partial charge in [-0.3, -0.25) is 9.59 Å². The second-order valence-corrected chi connectivity index (χ2v) is 6.00. The standard InChI is InChI=1S/C13H12N2O3S2/c1-18-12(17)7-20-13-9(6-14)8(5-11(16)15-13)10-3-2-4-19-10/h2-4,8H,5,7H2,1H3,(H,15,16)/t8-/m0/s1. The third-order valence-corrected chi connectivity index (χ3v) is 4.78. The first-order valence-corrected chi connectivity index (χ1v) is 7.69. The molecule has 0 bridgehead atoms. The second-order valence-electron chi connectivity index (χ2n) is 4.04. The Labute approximate surface area is 124 Å². The molecular weight excluding hydrogens is 296 g/mol. The molecule has 0 unspecified atom stereocenters. The van der Waals surface area contributed by atoms with E-state index in [1.165, 1.54) is 18.4 Å². The summed E-state index contributed by atoms with van der Waals surface area (Å²) >= 11 is 2.64. The van der Waals surface area contributed by atoms with E-state index in [0.29, 0.717) is 10.6 Å². The molecule has 104 valence electrons. The summed E-state index contributed by atoms with van der Waals surface area (Å²) in [5, 5.41) is 14.4. The van der Waals surface area contributed by atoms with E-state index in [9.17, 15) is 14.9 Å². The Bertz CT molecular complexity index is 587. The third kappa shape index (κ3) is 3.21. The van der Waals surface area contributed by atoms with E-state index in [-0.39, 0.29) is 24.0 Å². The molecule has 5 nitrogen and oxygen atoms in total. The van der Waals surface area contributed by atoms with Crippen LogP contribution in [-0.2, 0) is 14.3 Å². The first-order chi connectivity index (χ1) is 9.65. The Morgan fingerprint density at radius 3 is 3.10 bits per heavy atom. The van der Waals surface area contributed by atoms with Crippen LogP contribution < -0.4 is 5.32 Å². The molecule has 0 saturated heterocycles. The number of allylic oxidation sites excluding steroid dienone is 1. The number of hydrogen-bond donors (Lipinski definition) is 1. The van der Waals surface area contributed by atoms with Gasteiger partial charge in [-0.2, -0.15) is 5.26 Å². The average molecular weight is 308 g/mol. The van der Waals surface area contributed by atoms with Crippen molar-refractivity contribution < 1.29 is 14.3 Å². The molecule has 0 radical (unpaired) electrons. The number of carbonyl (C=O) groups is 2. The lowest BCUT2D eigenvalue weighted by atomic mass is 9.93. The molecule has 0 fully saturated rings. The fourth-order valence-electron chi connectivity index (χ4n) is 1.86. The largest absolute Gasteiger partial charge is 0.468 e. The normalized spacial score (nSPS) is 18.4. The van der Waals surface area contributed by atoms with E-state index in [2.05, 4.69) is 16.1 Å². The summed E-state index contributed by atoms with van der Waals surface area (Å²) < 4.78 is 4.56. The smallest absolute Gasteiger partial charge is 0.316 e. The lowest BCUT2D eigenvalue weighted by Gasteiger charge is -2.23. The zero-order valence-corrected chi connectivity index (χ0v) is 12.3. The number of methoxy groups -OCH3 is 1. The van der Waals surface area contributed by atoms with Gasteiger partial charge < -0.3 is 10.1 Å². The molecular formula is C13H12N2O3S2. The first kappa shape index (κ1) is 14.6. The number of nitriles is 1. The van der Waals surface area contributed by atoms with Crippen LogP contribution in [0.15, 0.2) is 28.1 Å². The van der Waals surface area contributed by atoms with Crippen molar-refractivity contribution in [1.29, 1.82) is 5.26 Å². The third-order valence-electron chi connectivity index (χ3n) is 2.80. The quantitative estimate of drug-likeness (QED) is 0.861. The van der Waals surface area contributed by atoms with Gasteiger partial charge in [-0.15, -0.1) is 11.3 Å². The highest BCUT2D eigenvalue weighted by Gasteiger charge is 2.30. The number of thiophene rings is 1. The number of esters is 1. The van der Waals surface area contributed by atoms with Gasteiger partial charge in [-0.05, 0) is 11.4 Å². The molecule has 1 atom stereocenters. The van der Waals surface area contributed by atoms with E-state index in [1.54, 1.807) is 0 Å². The summed E-state index contributed by atoms with van der Waals surface area (Å²) in [5.41, 5.74) is 0.501. The Morgan fingerprint density at radius 1 is 1.70 bits per heavy atom. The van der Waals surface area contributed by atoms with Crippen LogP contribution in [0.4, 0.5) is 0 Å². The van der Waals surface area contributed by atoms with Crippen LogP contribution in [0.25, 0.3) is 0 Å². The summed E-state index contributed by atoms with van der Waals surface area (Å²) in [6.07, 6.45) is 0.256. The molecule has 2 rings (SSSR count). The van der Waals surface area contributed by atoms with E-state index in [0.717, 1.165) is 16.6 Å². The maximum Gasteiger partial charge on any atom is 0.316 e. The van der Waals surface area contributed by atoms with Crippen LogP contribution in [-0.4, -0.2) is 24.7 Å². The highest BCUT2D eigenvalue weighted by atomic mass is 32.2. The Balaban J connectivity index is 2.27. The van der Waals surface area contributed by atoms with Gasteiger partial charge in [0.2, 0.25) is 5.91 Å². The number of ether oxygens (including phenoxy) is 1. The van der Waals surface area contributed by atoms with E-state index >= 15 is 0 Å². The Hall–Kier alpha value is -1.78. The van der Waals surface area contributed by atoms with Crippen molar-refractivity contribution in [1.82, 2.24) is 5.32 Å².